The van der Waals surface area contributed by atoms with E-state index in [2.05, 4.69) is 17.2 Å². The van der Waals surface area contributed by atoms with Crippen molar-refractivity contribution in [2.24, 2.45) is 0 Å². The van der Waals surface area contributed by atoms with Gasteiger partial charge in [-0.1, -0.05) is 30.0 Å². The van der Waals surface area contributed by atoms with Crippen molar-refractivity contribution in [1.82, 2.24) is 9.62 Å². The fourth-order valence-corrected chi connectivity index (χ4v) is 2.45. The summed E-state index contributed by atoms with van der Waals surface area (Å²) in [5, 5.41) is 2.31. The predicted molar refractivity (Wildman–Crippen MR) is 85.2 cm³/mol. The summed E-state index contributed by atoms with van der Waals surface area (Å²) >= 11 is 0. The van der Waals surface area contributed by atoms with Gasteiger partial charge in [0.1, 0.15) is 6.26 Å². The molecule has 2 rings (SSSR count). The first-order valence-electron chi connectivity index (χ1n) is 6.74. The van der Waals surface area contributed by atoms with Crippen LogP contribution in [-0.4, -0.2) is 39.3 Å². The highest BCUT2D eigenvalue weighted by Crippen LogP contribution is 2.16. The van der Waals surface area contributed by atoms with Crippen molar-refractivity contribution < 1.29 is 17.6 Å². The second kappa shape index (κ2) is 7.13. The van der Waals surface area contributed by atoms with Crippen molar-refractivity contribution in [2.75, 3.05) is 20.6 Å². The van der Waals surface area contributed by atoms with E-state index in [9.17, 15) is 13.2 Å². The van der Waals surface area contributed by atoms with E-state index in [0.29, 0.717) is 0 Å². The summed E-state index contributed by atoms with van der Waals surface area (Å²) in [5.41, 5.74) is 0.983. The molecule has 0 radical (unpaired) electrons. The zero-order chi connectivity index (χ0) is 16.9. The highest BCUT2D eigenvalue weighted by molar-refractivity contribution is 7.88. The lowest BCUT2D eigenvalue weighted by Gasteiger charge is -2.07. The average Bonchev–Trinajstić information content (AvgIpc) is 3.03. The van der Waals surface area contributed by atoms with Crippen molar-refractivity contribution in [3.05, 3.63) is 53.8 Å². The first-order valence-corrected chi connectivity index (χ1v) is 8.18. The van der Waals surface area contributed by atoms with Crippen LogP contribution in [0.2, 0.25) is 0 Å². The topological polar surface area (TPSA) is 79.6 Å². The Hall–Kier alpha value is -2.56. The number of benzene rings is 1. The standard InChI is InChI=1S/C16H16N2O4S/c1-18(2)23(20,21)15-11-14(12-22-15)16(19)17-10-6-9-13-7-4-3-5-8-13/h3-5,7-8,11-12H,10H2,1-2H3,(H,17,19). The summed E-state index contributed by atoms with van der Waals surface area (Å²) in [6.45, 7) is 0.147. The van der Waals surface area contributed by atoms with Crippen molar-refractivity contribution in [3.8, 4) is 11.8 Å². The van der Waals surface area contributed by atoms with Crippen LogP contribution in [0, 0.1) is 11.8 Å². The first kappa shape index (κ1) is 16.8. The van der Waals surface area contributed by atoms with Gasteiger partial charge < -0.3 is 9.73 Å². The van der Waals surface area contributed by atoms with Gasteiger partial charge in [0.25, 0.3) is 15.9 Å². The van der Waals surface area contributed by atoms with Crippen LogP contribution in [0.4, 0.5) is 0 Å². The van der Waals surface area contributed by atoms with Crippen molar-refractivity contribution in [2.45, 2.75) is 5.09 Å². The molecule has 6 nitrogen and oxygen atoms in total. The number of hydrogen-bond donors (Lipinski definition) is 1. The van der Waals surface area contributed by atoms with Gasteiger partial charge in [0, 0.05) is 25.7 Å². The van der Waals surface area contributed by atoms with Crippen molar-refractivity contribution >= 4 is 15.9 Å². The minimum Gasteiger partial charge on any atom is -0.451 e. The van der Waals surface area contributed by atoms with Crippen LogP contribution in [0.15, 0.2) is 52.2 Å². The Labute approximate surface area is 135 Å². The molecule has 1 aromatic heterocycles. The Bertz CT molecular complexity index is 843. The molecular formula is C16H16N2O4S. The van der Waals surface area contributed by atoms with Gasteiger partial charge in [0.2, 0.25) is 5.09 Å². The van der Waals surface area contributed by atoms with Crippen LogP contribution in [-0.2, 0) is 10.0 Å². The third-order valence-corrected chi connectivity index (χ3v) is 4.60. The molecule has 0 unspecified atom stereocenters. The molecule has 0 saturated heterocycles. The summed E-state index contributed by atoms with van der Waals surface area (Å²) in [7, 11) is -0.921. The Morgan fingerprint density at radius 1 is 1.26 bits per heavy atom. The number of carbonyl (C=O) groups is 1. The summed E-state index contributed by atoms with van der Waals surface area (Å²) < 4.78 is 29.7. The molecule has 0 aliphatic carbocycles. The third kappa shape index (κ3) is 4.22. The smallest absolute Gasteiger partial charge is 0.275 e. The predicted octanol–water partition coefficient (Wildman–Crippen LogP) is 1.31. The van der Waals surface area contributed by atoms with Crippen LogP contribution in [0.5, 0.6) is 0 Å². The normalized spacial score (nSPS) is 10.9. The molecule has 0 fully saturated rings. The molecule has 2 aromatic rings. The van der Waals surface area contributed by atoms with E-state index in [1.807, 2.05) is 30.3 Å². The molecule has 0 bridgehead atoms. The summed E-state index contributed by atoms with van der Waals surface area (Å²) in [4.78, 5) is 11.9. The zero-order valence-electron chi connectivity index (χ0n) is 12.7. The van der Waals surface area contributed by atoms with Gasteiger partial charge in [-0.2, -0.15) is 0 Å². The van der Waals surface area contributed by atoms with Gasteiger partial charge in [-0.15, -0.1) is 0 Å². The lowest BCUT2D eigenvalue weighted by atomic mass is 10.2. The lowest BCUT2D eigenvalue weighted by molar-refractivity contribution is 0.0958. The SMILES string of the molecule is CN(C)S(=O)(=O)c1cc(C(=O)NCC#Cc2ccccc2)co1. The molecule has 120 valence electrons. The molecule has 0 aliphatic heterocycles. The Kier molecular flexibility index (Phi) is 5.21. The Morgan fingerprint density at radius 3 is 2.61 bits per heavy atom. The summed E-state index contributed by atoms with van der Waals surface area (Å²) in [5.74, 6) is 5.28. The molecular weight excluding hydrogens is 316 g/mol. The molecule has 0 spiro atoms. The molecule has 0 saturated carbocycles. The van der Waals surface area contributed by atoms with Gasteiger partial charge in [-0.05, 0) is 12.1 Å². The maximum Gasteiger partial charge on any atom is 0.275 e. The second-order valence-electron chi connectivity index (χ2n) is 4.79. The second-order valence-corrected chi connectivity index (χ2v) is 6.88. The maximum absolute atomic E-state index is 11.9. The van der Waals surface area contributed by atoms with E-state index >= 15 is 0 Å². The van der Waals surface area contributed by atoms with E-state index in [1.54, 1.807) is 0 Å². The first-order chi connectivity index (χ1) is 10.9. The molecule has 7 heteroatoms. The van der Waals surface area contributed by atoms with E-state index in [-0.39, 0.29) is 17.2 Å². The molecule has 0 atom stereocenters. The van der Waals surface area contributed by atoms with Crippen molar-refractivity contribution in [1.29, 1.82) is 0 Å². The highest BCUT2D eigenvalue weighted by Gasteiger charge is 2.23. The quantitative estimate of drug-likeness (QED) is 0.856. The van der Waals surface area contributed by atoms with Crippen LogP contribution in [0.3, 0.4) is 0 Å². The Morgan fingerprint density at radius 2 is 1.96 bits per heavy atom. The number of nitrogens with zero attached hydrogens (tertiary/aromatic N) is 1. The lowest BCUT2D eigenvalue weighted by Crippen LogP contribution is -2.23. The molecule has 1 aromatic carbocycles. The van der Waals surface area contributed by atoms with Gasteiger partial charge in [0.15, 0.2) is 0 Å². The van der Waals surface area contributed by atoms with Crippen LogP contribution >= 0.6 is 0 Å². The number of amides is 1. The summed E-state index contributed by atoms with van der Waals surface area (Å²) in [6, 6.07) is 10.6. The zero-order valence-corrected chi connectivity index (χ0v) is 13.6. The van der Waals surface area contributed by atoms with Gasteiger partial charge >= 0.3 is 0 Å². The number of sulfonamides is 1. The average molecular weight is 332 g/mol. The van der Waals surface area contributed by atoms with E-state index < -0.39 is 15.9 Å². The molecule has 1 amide bonds. The fourth-order valence-electron chi connectivity index (χ4n) is 1.65. The minimum absolute atomic E-state index is 0.131. The minimum atomic E-state index is -3.69. The number of carbonyl (C=O) groups excluding carboxylic acids is 1. The number of hydrogen-bond acceptors (Lipinski definition) is 4. The number of rotatable bonds is 4. The molecule has 1 N–H and O–H groups in total. The van der Waals surface area contributed by atoms with Crippen LogP contribution in [0.25, 0.3) is 0 Å². The number of nitrogens with one attached hydrogen (secondary N) is 1. The molecule has 1 heterocycles. The van der Waals surface area contributed by atoms with E-state index in [4.69, 9.17) is 4.42 Å². The highest BCUT2D eigenvalue weighted by atomic mass is 32.2. The molecule has 23 heavy (non-hydrogen) atoms. The maximum atomic E-state index is 11.9. The Balaban J connectivity index is 1.98. The fraction of sp³-hybridized carbons (Fsp3) is 0.188. The van der Waals surface area contributed by atoms with Crippen molar-refractivity contribution in [3.63, 3.8) is 0 Å². The third-order valence-electron chi connectivity index (χ3n) is 2.92. The monoisotopic (exact) mass is 332 g/mol. The largest absolute Gasteiger partial charge is 0.451 e. The number of furan rings is 1. The summed E-state index contributed by atoms with van der Waals surface area (Å²) in [6.07, 6.45) is 1.11. The van der Waals surface area contributed by atoms with E-state index in [0.717, 1.165) is 16.1 Å². The van der Waals surface area contributed by atoms with Crippen LogP contribution < -0.4 is 5.32 Å². The van der Waals surface area contributed by atoms with Crippen LogP contribution in [0.1, 0.15) is 15.9 Å². The van der Waals surface area contributed by atoms with Gasteiger partial charge in [-0.3, -0.25) is 4.79 Å². The molecule has 0 aliphatic rings. The van der Waals surface area contributed by atoms with Gasteiger partial charge in [0.05, 0.1) is 12.1 Å². The van der Waals surface area contributed by atoms with E-state index in [1.165, 1.54) is 20.2 Å². The van der Waals surface area contributed by atoms with Gasteiger partial charge in [-0.25, -0.2) is 12.7 Å².